The molecule has 2 saturated carbocycles. The van der Waals surface area contributed by atoms with Gasteiger partial charge in [0.25, 0.3) is 5.91 Å². The first-order valence-electron chi connectivity index (χ1n) is 18.8. The Morgan fingerprint density at radius 3 is 2.28 bits per heavy atom. The van der Waals surface area contributed by atoms with Crippen LogP contribution < -0.4 is 14.8 Å². The molecule has 4 atom stereocenters. The standard InChI is InChI=1S/C39H48N6O7S/c1-40-36(48)44-19-37-17-43(18-38(37,20-44)23-52-22-37)35(47)39-16-30(39)29-15-26(51-4)11-13-27(29)33-32(24-8-6-5-7-9-24)28-12-10-25(14-31(28)45(33)21-39)34(46)41-53(49,50)42(2)3/h10-15,24,30H,5-9,16-23H2,1-4H3,(H,40,48)(H,41,46)/t30-,37?,38?,39-/m0/s1. The van der Waals surface area contributed by atoms with Gasteiger partial charge in [0.15, 0.2) is 0 Å². The van der Waals surface area contributed by atoms with Crippen molar-refractivity contribution in [3.63, 3.8) is 0 Å². The number of ether oxygens (including phenoxy) is 2. The molecule has 6 aliphatic rings. The fourth-order valence-electron chi connectivity index (χ4n) is 10.7. The predicted octanol–water partition coefficient (Wildman–Crippen LogP) is 3.89. The number of carbonyl (C=O) groups is 3. The molecule has 3 saturated heterocycles. The number of hydrogen-bond donors (Lipinski definition) is 2. The van der Waals surface area contributed by atoms with Crippen molar-refractivity contribution in [2.24, 2.45) is 16.2 Å². The third-order valence-electron chi connectivity index (χ3n) is 13.6. The molecule has 9 rings (SSSR count). The Kier molecular flexibility index (Phi) is 7.79. The van der Waals surface area contributed by atoms with E-state index in [9.17, 15) is 18.0 Å². The molecule has 3 aromatic rings. The third kappa shape index (κ3) is 5.00. The van der Waals surface area contributed by atoms with Crippen molar-refractivity contribution in [2.75, 3.05) is 67.6 Å². The van der Waals surface area contributed by atoms with Crippen molar-refractivity contribution >= 4 is 39.0 Å². The van der Waals surface area contributed by atoms with Gasteiger partial charge in [0.2, 0.25) is 5.91 Å². The Morgan fingerprint density at radius 1 is 0.925 bits per heavy atom. The number of aromatic nitrogens is 1. The van der Waals surface area contributed by atoms with Crippen LogP contribution in [-0.4, -0.2) is 113 Å². The molecule has 13 nitrogen and oxygen atoms in total. The van der Waals surface area contributed by atoms with Crippen LogP contribution in [0.15, 0.2) is 36.4 Å². The molecular weight excluding hydrogens is 697 g/mol. The van der Waals surface area contributed by atoms with Gasteiger partial charge in [-0.05, 0) is 66.6 Å². The SMILES string of the molecule is CNC(=O)N1CC23COCC2(C1)CN(C(=O)[C@]12C[C@H]1c1cc(OC)ccc1-c1c(C4CCCCC4)c4ccc(C(=O)NS(=O)(=O)N(C)C)cc4n1C2)C3. The van der Waals surface area contributed by atoms with Crippen LogP contribution in [0.1, 0.15) is 71.8 Å². The fourth-order valence-corrected chi connectivity index (χ4v) is 11.3. The number of nitrogens with one attached hydrogen (secondary N) is 2. The number of amides is 4. The first-order valence-corrected chi connectivity index (χ1v) is 20.2. The normalized spacial score (nSPS) is 28.9. The number of fused-ring (bicyclic) bond motifs is 7. The number of urea groups is 1. The van der Waals surface area contributed by atoms with E-state index in [0.29, 0.717) is 58.3 Å². The summed E-state index contributed by atoms with van der Waals surface area (Å²) in [5.74, 6) is 0.450. The summed E-state index contributed by atoms with van der Waals surface area (Å²) in [7, 11) is 2.07. The lowest BCUT2D eigenvalue weighted by molar-refractivity contribution is -0.138. The molecule has 0 radical (unpaired) electrons. The topological polar surface area (TPSA) is 143 Å². The number of methoxy groups -OCH3 is 1. The number of hydrogen-bond acceptors (Lipinski definition) is 7. The van der Waals surface area contributed by atoms with E-state index in [2.05, 4.69) is 31.6 Å². The average molecular weight is 745 g/mol. The highest BCUT2D eigenvalue weighted by Gasteiger charge is 2.71. The van der Waals surface area contributed by atoms with Gasteiger partial charge < -0.3 is 29.2 Å². The second kappa shape index (κ2) is 11.9. The maximum Gasteiger partial charge on any atom is 0.317 e. The van der Waals surface area contributed by atoms with Crippen LogP contribution in [0.5, 0.6) is 5.75 Å². The second-order valence-corrected chi connectivity index (χ2v) is 18.5. The van der Waals surface area contributed by atoms with Crippen LogP contribution in [0.3, 0.4) is 0 Å². The number of likely N-dealkylation sites (tertiary alicyclic amines) is 2. The first-order chi connectivity index (χ1) is 25.4. The zero-order valence-electron chi connectivity index (χ0n) is 30.9. The van der Waals surface area contributed by atoms with Gasteiger partial charge in [-0.3, -0.25) is 9.59 Å². The molecule has 5 fully saturated rings. The van der Waals surface area contributed by atoms with Crippen molar-refractivity contribution in [2.45, 2.75) is 56.9 Å². The first kappa shape index (κ1) is 34.6. The van der Waals surface area contributed by atoms with Crippen molar-refractivity contribution in [1.29, 1.82) is 0 Å². The van der Waals surface area contributed by atoms with Crippen molar-refractivity contribution in [3.8, 4) is 17.0 Å². The van der Waals surface area contributed by atoms with Gasteiger partial charge in [0.1, 0.15) is 5.75 Å². The average Bonchev–Trinajstić information content (AvgIpc) is 3.33. The summed E-state index contributed by atoms with van der Waals surface area (Å²) in [6.07, 6.45) is 6.28. The predicted molar refractivity (Wildman–Crippen MR) is 198 cm³/mol. The zero-order valence-corrected chi connectivity index (χ0v) is 31.7. The molecule has 53 heavy (non-hydrogen) atoms. The smallest absolute Gasteiger partial charge is 0.317 e. The van der Waals surface area contributed by atoms with E-state index in [1.165, 1.54) is 26.1 Å². The molecule has 2 unspecified atom stereocenters. The fraction of sp³-hybridized carbons (Fsp3) is 0.564. The molecular formula is C39H48N6O7S. The summed E-state index contributed by atoms with van der Waals surface area (Å²) in [6, 6.07) is 11.6. The van der Waals surface area contributed by atoms with Crippen molar-refractivity contribution in [1.82, 2.24) is 28.7 Å². The van der Waals surface area contributed by atoms with E-state index in [-0.39, 0.29) is 34.2 Å². The molecule has 5 heterocycles. The van der Waals surface area contributed by atoms with E-state index in [4.69, 9.17) is 9.47 Å². The highest BCUT2D eigenvalue weighted by atomic mass is 32.2. The number of nitrogens with zero attached hydrogens (tertiary/aromatic N) is 4. The van der Waals surface area contributed by atoms with Gasteiger partial charge in [0.05, 0.1) is 31.4 Å². The molecule has 2 aliphatic carbocycles. The summed E-state index contributed by atoms with van der Waals surface area (Å²) in [6.45, 7) is 3.66. The highest BCUT2D eigenvalue weighted by Crippen LogP contribution is 2.67. The van der Waals surface area contributed by atoms with Gasteiger partial charge in [-0.15, -0.1) is 0 Å². The van der Waals surface area contributed by atoms with Crippen LogP contribution >= 0.6 is 0 Å². The van der Waals surface area contributed by atoms with Crippen LogP contribution in [0.25, 0.3) is 22.2 Å². The third-order valence-corrected chi connectivity index (χ3v) is 15.0. The number of carbonyl (C=O) groups excluding carboxylic acids is 3. The Labute approximate surface area is 310 Å². The maximum atomic E-state index is 15.3. The molecule has 0 bridgehead atoms. The second-order valence-electron chi connectivity index (χ2n) is 16.6. The van der Waals surface area contributed by atoms with Crippen LogP contribution in [0.2, 0.25) is 0 Å². The number of benzene rings is 2. The minimum atomic E-state index is -4.01. The van der Waals surface area contributed by atoms with E-state index in [1.807, 2.05) is 23.1 Å². The van der Waals surface area contributed by atoms with E-state index in [1.54, 1.807) is 20.2 Å². The Morgan fingerprint density at radius 2 is 1.62 bits per heavy atom. The Bertz CT molecular complexity index is 2160. The van der Waals surface area contributed by atoms with Crippen molar-refractivity contribution < 1.29 is 32.3 Å². The van der Waals surface area contributed by atoms with Crippen LogP contribution in [-0.2, 0) is 26.3 Å². The quantitative estimate of drug-likeness (QED) is 0.390. The minimum absolute atomic E-state index is 0.0279. The molecule has 282 valence electrons. The molecule has 4 amide bonds. The Balaban J connectivity index is 1.17. The summed E-state index contributed by atoms with van der Waals surface area (Å²) in [4.78, 5) is 45.4. The zero-order chi connectivity index (χ0) is 37.1. The lowest BCUT2D eigenvalue weighted by Crippen LogP contribution is -2.45. The molecule has 14 heteroatoms. The Hall–Kier alpha value is -4.14. The van der Waals surface area contributed by atoms with Gasteiger partial charge in [-0.25, -0.2) is 9.52 Å². The van der Waals surface area contributed by atoms with Crippen LogP contribution in [0.4, 0.5) is 4.79 Å². The lowest BCUT2D eigenvalue weighted by Gasteiger charge is -2.30. The van der Waals surface area contributed by atoms with E-state index in [0.717, 1.165) is 63.5 Å². The highest BCUT2D eigenvalue weighted by molar-refractivity contribution is 7.87. The van der Waals surface area contributed by atoms with Crippen LogP contribution in [0, 0.1) is 16.2 Å². The summed E-state index contributed by atoms with van der Waals surface area (Å²) >= 11 is 0. The monoisotopic (exact) mass is 744 g/mol. The minimum Gasteiger partial charge on any atom is -0.497 e. The number of rotatable bonds is 6. The summed E-state index contributed by atoms with van der Waals surface area (Å²) in [5.41, 5.74) is 4.26. The summed E-state index contributed by atoms with van der Waals surface area (Å²) < 4.78 is 42.6. The molecule has 0 spiro atoms. The maximum absolute atomic E-state index is 15.3. The van der Waals surface area contributed by atoms with Gasteiger partial charge in [-0.2, -0.15) is 12.7 Å². The summed E-state index contributed by atoms with van der Waals surface area (Å²) in [5, 5.41) is 3.81. The lowest BCUT2D eigenvalue weighted by atomic mass is 9.71. The van der Waals surface area contributed by atoms with Gasteiger partial charge in [0, 0.05) is 92.6 Å². The van der Waals surface area contributed by atoms with Crippen molar-refractivity contribution in [3.05, 3.63) is 53.1 Å². The molecule has 4 aliphatic heterocycles. The largest absolute Gasteiger partial charge is 0.497 e. The van der Waals surface area contributed by atoms with E-state index < -0.39 is 21.5 Å². The molecule has 2 aromatic carbocycles. The van der Waals surface area contributed by atoms with Gasteiger partial charge >= 0.3 is 16.2 Å². The van der Waals surface area contributed by atoms with Gasteiger partial charge in [-0.1, -0.05) is 25.3 Å². The molecule has 2 N–H and O–H groups in total. The van der Waals surface area contributed by atoms with E-state index >= 15 is 4.79 Å². The molecule has 1 aromatic heterocycles.